The van der Waals surface area contributed by atoms with Crippen molar-refractivity contribution in [1.82, 2.24) is 14.7 Å². The average Bonchev–Trinajstić information content (AvgIpc) is 3.14. The molecule has 4 rings (SSSR count). The van der Waals surface area contributed by atoms with Crippen LogP contribution < -0.4 is 0 Å². The van der Waals surface area contributed by atoms with E-state index in [-0.39, 0.29) is 23.6 Å². The Hall–Kier alpha value is -3.16. The topological polar surface area (TPSA) is 73.7 Å². The van der Waals surface area contributed by atoms with Gasteiger partial charge in [0, 0.05) is 24.3 Å². The fraction of sp³-hybridized carbons (Fsp3) is 0.409. The average molecular weight is 413 g/mol. The smallest absolute Gasteiger partial charge is 0.414 e. The van der Waals surface area contributed by atoms with Crippen molar-refractivity contribution in [2.24, 2.45) is 11.8 Å². The molecule has 1 amide bonds. The van der Waals surface area contributed by atoms with Gasteiger partial charge in [-0.1, -0.05) is 6.58 Å². The molecule has 2 heterocycles. The van der Waals surface area contributed by atoms with Crippen LogP contribution in [-0.4, -0.2) is 46.9 Å². The molecule has 1 unspecified atom stereocenters. The van der Waals surface area contributed by atoms with Gasteiger partial charge in [0.25, 0.3) is 0 Å². The number of fused-ring (bicyclic) bond motifs is 2. The first-order chi connectivity index (χ1) is 14.4. The number of likely N-dealkylation sites (tertiary alicyclic amines) is 1. The molecule has 2 aliphatic rings. The molecule has 158 valence electrons. The monoisotopic (exact) mass is 413 g/mol. The fourth-order valence-corrected chi connectivity index (χ4v) is 4.60. The number of allylic oxidation sites excluding steroid dienone is 1. The number of methoxy groups -OCH3 is 1. The highest BCUT2D eigenvalue weighted by Crippen LogP contribution is 2.44. The van der Waals surface area contributed by atoms with Gasteiger partial charge in [0.05, 0.1) is 30.7 Å². The zero-order chi connectivity index (χ0) is 21.4. The summed E-state index contributed by atoms with van der Waals surface area (Å²) in [6.45, 7) is 6.18. The molecule has 1 saturated heterocycles. The summed E-state index contributed by atoms with van der Waals surface area (Å²) in [6.07, 6.45) is 2.69. The Morgan fingerprint density at radius 2 is 2.00 bits per heavy atom. The molecular weight excluding hydrogens is 389 g/mol. The first-order valence-corrected chi connectivity index (χ1v) is 9.92. The van der Waals surface area contributed by atoms with Gasteiger partial charge < -0.3 is 14.4 Å². The highest BCUT2D eigenvalue weighted by atomic mass is 19.1. The van der Waals surface area contributed by atoms with Crippen LogP contribution in [0.4, 0.5) is 9.18 Å². The predicted molar refractivity (Wildman–Crippen MR) is 106 cm³/mol. The first kappa shape index (κ1) is 20.1. The van der Waals surface area contributed by atoms with Crippen LogP contribution in [0.5, 0.6) is 0 Å². The molecule has 30 heavy (non-hydrogen) atoms. The molecule has 3 atom stereocenters. The molecule has 0 bridgehead atoms. The fourth-order valence-electron chi connectivity index (χ4n) is 4.60. The van der Waals surface area contributed by atoms with E-state index < -0.39 is 12.0 Å². The van der Waals surface area contributed by atoms with E-state index >= 15 is 0 Å². The highest BCUT2D eigenvalue weighted by molar-refractivity contribution is 5.80. The van der Waals surface area contributed by atoms with Crippen molar-refractivity contribution in [2.45, 2.75) is 25.7 Å². The molecule has 7 nitrogen and oxygen atoms in total. The molecule has 1 aromatic heterocycles. The zero-order valence-electron chi connectivity index (χ0n) is 17.0. The lowest BCUT2D eigenvalue weighted by Gasteiger charge is -2.43. The van der Waals surface area contributed by atoms with Gasteiger partial charge in [0.2, 0.25) is 0 Å². The number of nitrogens with zero attached hydrogens (tertiary/aromatic N) is 3. The maximum atomic E-state index is 13.3. The number of hydrogen-bond acceptors (Lipinski definition) is 5. The largest absolute Gasteiger partial charge is 0.469 e. The lowest BCUT2D eigenvalue weighted by atomic mass is 9.68. The summed E-state index contributed by atoms with van der Waals surface area (Å²) < 4.78 is 25.4. The Kier molecular flexibility index (Phi) is 5.32. The quantitative estimate of drug-likeness (QED) is 0.569. The van der Waals surface area contributed by atoms with Gasteiger partial charge in [-0.05, 0) is 55.9 Å². The van der Waals surface area contributed by atoms with E-state index in [0.717, 1.165) is 23.4 Å². The van der Waals surface area contributed by atoms with Crippen molar-refractivity contribution < 1.29 is 23.5 Å². The summed E-state index contributed by atoms with van der Waals surface area (Å²) in [5.74, 6) is -0.772. The van der Waals surface area contributed by atoms with Crippen LogP contribution in [0.2, 0.25) is 0 Å². The van der Waals surface area contributed by atoms with Crippen molar-refractivity contribution in [3.05, 3.63) is 59.9 Å². The van der Waals surface area contributed by atoms with Gasteiger partial charge in [-0.2, -0.15) is 5.10 Å². The van der Waals surface area contributed by atoms with E-state index in [4.69, 9.17) is 9.47 Å². The van der Waals surface area contributed by atoms with E-state index in [9.17, 15) is 14.0 Å². The Balaban J connectivity index is 1.68. The number of hydrogen-bond donors (Lipinski definition) is 0. The van der Waals surface area contributed by atoms with Crippen molar-refractivity contribution in [2.75, 3.05) is 20.2 Å². The molecule has 1 fully saturated rings. The van der Waals surface area contributed by atoms with Crippen LogP contribution in [0.3, 0.4) is 0 Å². The number of carbonyl (C=O) groups is 2. The van der Waals surface area contributed by atoms with Crippen molar-refractivity contribution >= 4 is 12.1 Å². The van der Waals surface area contributed by atoms with Gasteiger partial charge >= 0.3 is 12.1 Å². The summed E-state index contributed by atoms with van der Waals surface area (Å²) in [7, 11) is 1.37. The summed E-state index contributed by atoms with van der Waals surface area (Å²) in [5, 5.41) is 4.49. The minimum atomic E-state index is -0.529. The molecular formula is C22H24FN3O4. The zero-order valence-corrected chi connectivity index (χ0v) is 17.0. The molecule has 0 spiro atoms. The first-order valence-electron chi connectivity index (χ1n) is 9.92. The molecule has 0 saturated carbocycles. The molecule has 1 aliphatic carbocycles. The number of aromatic nitrogens is 2. The molecule has 8 heteroatoms. The van der Waals surface area contributed by atoms with Crippen molar-refractivity contribution in [3.63, 3.8) is 0 Å². The molecule has 1 aliphatic heterocycles. The lowest BCUT2D eigenvalue weighted by Crippen LogP contribution is -2.49. The van der Waals surface area contributed by atoms with Gasteiger partial charge in [0.1, 0.15) is 5.82 Å². The standard InChI is InChI=1S/C22H24FN3O4/c1-13(2)30-22(28)25-9-8-14-10-19-17(20(18(14)12-25)21(27)29-3)11-24-26(19)16-6-4-15(23)5-7-16/h4-7,11,14,18,20H,1,8-10,12H2,2-3H3/t14-,18?,20+/m0/s1. The van der Waals surface area contributed by atoms with E-state index in [1.54, 1.807) is 34.8 Å². The number of piperidine rings is 1. The van der Waals surface area contributed by atoms with Gasteiger partial charge in [-0.3, -0.25) is 4.79 Å². The summed E-state index contributed by atoms with van der Waals surface area (Å²) in [4.78, 5) is 26.8. The van der Waals surface area contributed by atoms with E-state index in [1.165, 1.54) is 19.2 Å². The maximum Gasteiger partial charge on any atom is 0.414 e. The second-order valence-electron chi connectivity index (χ2n) is 7.87. The van der Waals surface area contributed by atoms with Crippen molar-refractivity contribution in [3.8, 4) is 5.69 Å². The Morgan fingerprint density at radius 1 is 1.27 bits per heavy atom. The number of amides is 1. The predicted octanol–water partition coefficient (Wildman–Crippen LogP) is 3.43. The van der Waals surface area contributed by atoms with Crippen LogP contribution in [-0.2, 0) is 20.7 Å². The molecule has 0 N–H and O–H groups in total. The second-order valence-corrected chi connectivity index (χ2v) is 7.87. The number of carbonyl (C=O) groups excluding carboxylic acids is 2. The number of halogens is 1. The Labute approximate surface area is 174 Å². The van der Waals surface area contributed by atoms with Gasteiger partial charge in [-0.15, -0.1) is 0 Å². The third-order valence-electron chi connectivity index (χ3n) is 5.97. The summed E-state index contributed by atoms with van der Waals surface area (Å²) >= 11 is 0. The van der Waals surface area contributed by atoms with Gasteiger partial charge in [0.15, 0.2) is 0 Å². The maximum absolute atomic E-state index is 13.3. The Morgan fingerprint density at radius 3 is 2.67 bits per heavy atom. The number of esters is 1. The second kappa shape index (κ2) is 7.93. The third kappa shape index (κ3) is 3.58. The van der Waals surface area contributed by atoms with Crippen LogP contribution >= 0.6 is 0 Å². The SMILES string of the molecule is C=C(C)OC(=O)N1CC[C@H]2Cc3c(cnn3-c3ccc(F)cc3)[C@@H](C(=O)OC)C2C1. The highest BCUT2D eigenvalue weighted by Gasteiger charge is 2.46. The normalized spacial score (nSPS) is 22.6. The Bertz CT molecular complexity index is 985. The van der Waals surface area contributed by atoms with Crippen LogP contribution in [0.1, 0.15) is 30.5 Å². The third-order valence-corrected chi connectivity index (χ3v) is 5.97. The van der Waals surface area contributed by atoms with E-state index in [0.29, 0.717) is 25.3 Å². The molecule has 2 aromatic rings. The van der Waals surface area contributed by atoms with Gasteiger partial charge in [-0.25, -0.2) is 13.9 Å². The minimum Gasteiger partial charge on any atom is -0.469 e. The minimum absolute atomic E-state index is 0.0951. The summed E-state index contributed by atoms with van der Waals surface area (Å²) in [5.41, 5.74) is 2.46. The van der Waals surface area contributed by atoms with Crippen LogP contribution in [0, 0.1) is 17.7 Å². The van der Waals surface area contributed by atoms with E-state index in [2.05, 4.69) is 11.7 Å². The number of rotatable bonds is 3. The molecule has 0 radical (unpaired) electrons. The van der Waals surface area contributed by atoms with E-state index in [1.807, 2.05) is 0 Å². The van der Waals surface area contributed by atoms with Crippen LogP contribution in [0.25, 0.3) is 5.69 Å². The molecule has 1 aromatic carbocycles. The van der Waals surface area contributed by atoms with Crippen LogP contribution in [0.15, 0.2) is 42.8 Å². The number of ether oxygens (including phenoxy) is 2. The lowest BCUT2D eigenvalue weighted by molar-refractivity contribution is -0.145. The van der Waals surface area contributed by atoms with Crippen molar-refractivity contribution in [1.29, 1.82) is 0 Å². The number of benzene rings is 1. The summed E-state index contributed by atoms with van der Waals surface area (Å²) in [6, 6.07) is 6.10.